The average molecular weight is 387 g/mol. The normalized spacial score (nSPS) is 24.7. The number of benzene rings is 2. The summed E-state index contributed by atoms with van der Waals surface area (Å²) in [6, 6.07) is 15.8. The molecule has 0 saturated carbocycles. The van der Waals surface area contributed by atoms with E-state index in [0.29, 0.717) is 24.5 Å². The van der Waals surface area contributed by atoms with Gasteiger partial charge in [0.05, 0.1) is 0 Å². The van der Waals surface area contributed by atoms with Crippen LogP contribution in [0.5, 0.6) is 0 Å². The van der Waals surface area contributed by atoms with Crippen molar-refractivity contribution >= 4 is 17.5 Å². The molecule has 2 heterocycles. The van der Waals surface area contributed by atoms with E-state index in [0.717, 1.165) is 19.4 Å². The Balaban J connectivity index is 1.33. The molecule has 27 heavy (non-hydrogen) atoms. The fourth-order valence-electron chi connectivity index (χ4n) is 4.63. The molecule has 0 radical (unpaired) electrons. The molecular formula is C22H24ClFN2O. The molecule has 0 aliphatic carbocycles. The van der Waals surface area contributed by atoms with Crippen LogP contribution in [0.2, 0.25) is 5.02 Å². The molecule has 3 nitrogen and oxygen atoms in total. The van der Waals surface area contributed by atoms with Gasteiger partial charge in [0.1, 0.15) is 5.82 Å². The monoisotopic (exact) mass is 386 g/mol. The Bertz CT molecular complexity index is 779. The second-order valence-electron chi connectivity index (χ2n) is 7.75. The third-order valence-corrected chi connectivity index (χ3v) is 6.08. The highest BCUT2D eigenvalue weighted by Gasteiger charge is 2.40. The maximum absolute atomic E-state index is 13.4. The minimum absolute atomic E-state index is 0.243. The van der Waals surface area contributed by atoms with Crippen molar-refractivity contribution < 1.29 is 9.18 Å². The van der Waals surface area contributed by atoms with Gasteiger partial charge in [0.15, 0.2) is 0 Å². The van der Waals surface area contributed by atoms with E-state index in [1.807, 2.05) is 0 Å². The molecule has 2 fully saturated rings. The number of hydrogen-bond acceptors (Lipinski definition) is 2. The first-order chi connectivity index (χ1) is 13.1. The summed E-state index contributed by atoms with van der Waals surface area (Å²) in [5.74, 6) is -0.266. The Morgan fingerprint density at radius 2 is 1.81 bits per heavy atom. The van der Waals surface area contributed by atoms with Crippen LogP contribution >= 0.6 is 11.6 Å². The number of hydrogen-bond donors (Lipinski definition) is 1. The number of rotatable bonds is 5. The summed E-state index contributed by atoms with van der Waals surface area (Å²) in [5.41, 5.74) is 1.65. The van der Waals surface area contributed by atoms with Crippen LogP contribution in [0.4, 0.5) is 4.39 Å². The lowest BCUT2D eigenvalue weighted by Gasteiger charge is -2.39. The summed E-state index contributed by atoms with van der Waals surface area (Å²) >= 11 is 5.85. The maximum atomic E-state index is 13.4. The molecule has 2 aromatic rings. The molecule has 5 heteroatoms. The number of carbonyl (C=O) groups excluding carboxylic acids is 1. The van der Waals surface area contributed by atoms with Gasteiger partial charge in [-0.3, -0.25) is 9.69 Å². The maximum Gasteiger partial charge on any atom is 0.251 e. The van der Waals surface area contributed by atoms with E-state index >= 15 is 0 Å². The Labute approximate surface area is 164 Å². The molecule has 2 unspecified atom stereocenters. The van der Waals surface area contributed by atoms with Crippen molar-refractivity contribution in [1.29, 1.82) is 0 Å². The minimum atomic E-state index is -0.486. The van der Waals surface area contributed by atoms with Gasteiger partial charge in [-0.1, -0.05) is 41.9 Å². The number of nitrogens with zero attached hydrogens (tertiary/aromatic N) is 1. The largest absolute Gasteiger partial charge is 0.352 e. The van der Waals surface area contributed by atoms with E-state index in [1.54, 1.807) is 0 Å². The van der Waals surface area contributed by atoms with Crippen molar-refractivity contribution in [2.45, 2.75) is 44.3 Å². The van der Waals surface area contributed by atoms with E-state index in [1.165, 1.54) is 36.6 Å². The summed E-state index contributed by atoms with van der Waals surface area (Å²) in [6.07, 6.45) is 4.68. The summed E-state index contributed by atoms with van der Waals surface area (Å²) in [5, 5.41) is 3.22. The first-order valence-electron chi connectivity index (χ1n) is 9.62. The molecule has 2 aliphatic rings. The lowest BCUT2D eigenvalue weighted by Crippen LogP contribution is -2.45. The van der Waals surface area contributed by atoms with Crippen LogP contribution in [0.3, 0.4) is 0 Å². The van der Waals surface area contributed by atoms with Crippen LogP contribution in [0.25, 0.3) is 0 Å². The van der Waals surface area contributed by atoms with Gasteiger partial charge >= 0.3 is 0 Å². The standard InChI is InChI=1S/C22H24ClFN2O/c23-18-10-17(11-19(24)12-18)22(27)25-13-16-8-20-6-7-21(9-16)26(20)14-15-4-2-1-3-5-15/h1-5,10-12,16,20-21H,6-9,13-14H2,(H,25,27). The van der Waals surface area contributed by atoms with Crippen LogP contribution in [-0.4, -0.2) is 29.4 Å². The second kappa shape index (κ2) is 7.99. The molecule has 2 atom stereocenters. The molecule has 0 spiro atoms. The molecule has 2 saturated heterocycles. The number of fused-ring (bicyclic) bond motifs is 2. The SMILES string of the molecule is O=C(NCC1CC2CCC(C1)N2Cc1ccccc1)c1cc(F)cc(Cl)c1. The highest BCUT2D eigenvalue weighted by Crippen LogP contribution is 2.39. The number of piperidine rings is 1. The summed E-state index contributed by atoms with van der Waals surface area (Å²) in [4.78, 5) is 15.0. The molecule has 142 valence electrons. The Kier molecular flexibility index (Phi) is 5.46. The van der Waals surface area contributed by atoms with Crippen molar-refractivity contribution in [3.8, 4) is 0 Å². The number of nitrogens with one attached hydrogen (secondary N) is 1. The van der Waals surface area contributed by atoms with Gasteiger partial charge in [-0.2, -0.15) is 0 Å². The fourth-order valence-corrected chi connectivity index (χ4v) is 4.85. The number of halogens is 2. The molecule has 0 aromatic heterocycles. The molecule has 4 rings (SSSR count). The second-order valence-corrected chi connectivity index (χ2v) is 8.18. The topological polar surface area (TPSA) is 32.3 Å². The first-order valence-corrected chi connectivity index (χ1v) is 10.0. The van der Waals surface area contributed by atoms with Gasteiger partial charge in [-0.05, 0) is 55.4 Å². The van der Waals surface area contributed by atoms with Gasteiger partial charge in [-0.25, -0.2) is 4.39 Å². The molecular weight excluding hydrogens is 363 g/mol. The number of amides is 1. The predicted octanol–water partition coefficient (Wildman–Crippen LogP) is 4.65. The van der Waals surface area contributed by atoms with E-state index in [2.05, 4.69) is 40.5 Å². The van der Waals surface area contributed by atoms with Gasteiger partial charge in [0.2, 0.25) is 0 Å². The quantitative estimate of drug-likeness (QED) is 0.811. The van der Waals surface area contributed by atoms with Crippen molar-refractivity contribution in [1.82, 2.24) is 10.2 Å². The van der Waals surface area contributed by atoms with Crippen molar-refractivity contribution in [2.75, 3.05) is 6.54 Å². The van der Waals surface area contributed by atoms with Crippen LogP contribution in [-0.2, 0) is 6.54 Å². The average Bonchev–Trinajstić information content (AvgIpc) is 2.88. The van der Waals surface area contributed by atoms with E-state index in [-0.39, 0.29) is 16.5 Å². The Morgan fingerprint density at radius 1 is 1.11 bits per heavy atom. The third kappa shape index (κ3) is 4.33. The van der Waals surface area contributed by atoms with Gasteiger partial charge in [0.25, 0.3) is 5.91 Å². The molecule has 2 aromatic carbocycles. The van der Waals surface area contributed by atoms with Crippen molar-refractivity contribution in [3.05, 3.63) is 70.5 Å². The van der Waals surface area contributed by atoms with Crippen molar-refractivity contribution in [3.63, 3.8) is 0 Å². The van der Waals surface area contributed by atoms with Gasteiger partial charge < -0.3 is 5.32 Å². The summed E-state index contributed by atoms with van der Waals surface area (Å²) in [6.45, 7) is 1.65. The zero-order valence-electron chi connectivity index (χ0n) is 15.2. The highest BCUT2D eigenvalue weighted by atomic mass is 35.5. The fraction of sp³-hybridized carbons (Fsp3) is 0.409. The highest BCUT2D eigenvalue weighted by molar-refractivity contribution is 6.31. The Morgan fingerprint density at radius 3 is 2.48 bits per heavy atom. The lowest BCUT2D eigenvalue weighted by molar-refractivity contribution is 0.0850. The molecule has 2 aliphatic heterocycles. The summed E-state index contributed by atoms with van der Waals surface area (Å²) < 4.78 is 13.4. The van der Waals surface area contributed by atoms with E-state index in [9.17, 15) is 9.18 Å². The zero-order valence-corrected chi connectivity index (χ0v) is 16.0. The van der Waals surface area contributed by atoms with Crippen LogP contribution < -0.4 is 5.32 Å². The summed E-state index contributed by atoms with van der Waals surface area (Å²) in [7, 11) is 0. The van der Waals surface area contributed by atoms with Crippen LogP contribution in [0.15, 0.2) is 48.5 Å². The molecule has 1 N–H and O–H groups in total. The smallest absolute Gasteiger partial charge is 0.251 e. The first kappa shape index (κ1) is 18.5. The Hall–Kier alpha value is -1.91. The zero-order chi connectivity index (χ0) is 18.8. The molecule has 2 bridgehead atoms. The van der Waals surface area contributed by atoms with Crippen LogP contribution in [0.1, 0.15) is 41.6 Å². The third-order valence-electron chi connectivity index (χ3n) is 5.87. The van der Waals surface area contributed by atoms with Gasteiger partial charge in [0, 0.05) is 35.8 Å². The number of carbonyl (C=O) groups is 1. The van der Waals surface area contributed by atoms with Crippen LogP contribution in [0, 0.1) is 11.7 Å². The lowest BCUT2D eigenvalue weighted by atomic mass is 9.90. The van der Waals surface area contributed by atoms with Crippen molar-refractivity contribution in [2.24, 2.45) is 5.92 Å². The minimum Gasteiger partial charge on any atom is -0.352 e. The van der Waals surface area contributed by atoms with E-state index < -0.39 is 5.82 Å². The van der Waals surface area contributed by atoms with Gasteiger partial charge in [-0.15, -0.1) is 0 Å². The van der Waals surface area contributed by atoms with E-state index in [4.69, 9.17) is 11.6 Å². The predicted molar refractivity (Wildman–Crippen MR) is 105 cm³/mol. The molecule has 1 amide bonds.